The van der Waals surface area contributed by atoms with E-state index in [0.29, 0.717) is 35.1 Å². The predicted molar refractivity (Wildman–Crippen MR) is 173 cm³/mol. The lowest BCUT2D eigenvalue weighted by Gasteiger charge is -2.27. The number of fused-ring (bicyclic) bond motifs is 1. The molecule has 0 bridgehead atoms. The number of hydrogen-bond donors (Lipinski definition) is 1. The lowest BCUT2D eigenvalue weighted by atomic mass is 9.85. The monoisotopic (exact) mass is 635 g/mol. The first kappa shape index (κ1) is 34.9. The topological polar surface area (TPSA) is 64.0 Å². The smallest absolute Gasteiger partial charge is 0.234 e. The summed E-state index contributed by atoms with van der Waals surface area (Å²) in [5.74, 6) is -0.371. The minimum atomic E-state index is -3.74. The summed E-state index contributed by atoms with van der Waals surface area (Å²) in [4.78, 5) is 0. The van der Waals surface area contributed by atoms with Crippen molar-refractivity contribution in [3.8, 4) is 0 Å². The molecule has 1 aromatic heterocycles. The molecule has 4 rings (SSSR count). The van der Waals surface area contributed by atoms with Gasteiger partial charge in [-0.05, 0) is 68.9 Å². The number of hydrogen-bond acceptors (Lipinski definition) is 4. The first-order chi connectivity index (χ1) is 20.5. The van der Waals surface area contributed by atoms with Crippen LogP contribution in [-0.2, 0) is 28.7 Å². The van der Waals surface area contributed by atoms with Crippen LogP contribution in [0.4, 0.5) is 13.2 Å². The fourth-order valence-corrected chi connectivity index (χ4v) is 7.95. The molecular formula is C33H44F3N3O2S2. The van der Waals surface area contributed by atoms with Gasteiger partial charge in [0.15, 0.2) is 0 Å². The van der Waals surface area contributed by atoms with E-state index in [1.54, 1.807) is 24.8 Å². The fourth-order valence-electron chi connectivity index (χ4n) is 5.68. The Labute approximate surface area is 259 Å². The number of aromatic nitrogens is 2. The maximum atomic E-state index is 15.0. The molecule has 0 radical (unpaired) electrons. The molecule has 1 saturated carbocycles. The van der Waals surface area contributed by atoms with Crippen molar-refractivity contribution in [3.05, 3.63) is 94.0 Å². The molecule has 43 heavy (non-hydrogen) atoms. The molecule has 10 heteroatoms. The Bertz CT molecular complexity index is 1440. The van der Waals surface area contributed by atoms with Gasteiger partial charge in [-0.1, -0.05) is 57.4 Å². The van der Waals surface area contributed by atoms with Gasteiger partial charge in [0.2, 0.25) is 10.0 Å². The zero-order valence-electron chi connectivity index (χ0n) is 25.6. The normalized spacial score (nSPS) is 19.1. The van der Waals surface area contributed by atoms with Crippen LogP contribution < -0.4 is 4.72 Å². The molecule has 0 saturated heterocycles. The SMILES string of the molecule is C=C(C)/C=C(F)\C=C(\F)Cn1nc(/C=C/S(=O)(=O)N[C@H](C)C2CCCCC2)c2c1C(Cc1cccc(F)c1)CSC2.CC. The van der Waals surface area contributed by atoms with E-state index >= 15 is 0 Å². The van der Waals surface area contributed by atoms with Gasteiger partial charge in [-0.3, -0.25) is 4.68 Å². The first-order valence-corrected chi connectivity index (χ1v) is 17.7. The Kier molecular flexibility index (Phi) is 13.4. The Morgan fingerprint density at radius 1 is 1.21 bits per heavy atom. The van der Waals surface area contributed by atoms with Crippen LogP contribution in [0.5, 0.6) is 0 Å². The van der Waals surface area contributed by atoms with Crippen LogP contribution in [0.2, 0.25) is 0 Å². The van der Waals surface area contributed by atoms with E-state index < -0.39 is 21.7 Å². The maximum absolute atomic E-state index is 15.0. The minimum absolute atomic E-state index is 0.120. The lowest BCUT2D eigenvalue weighted by Crippen LogP contribution is -2.37. The molecule has 1 aromatic carbocycles. The van der Waals surface area contributed by atoms with Crippen LogP contribution in [-0.4, -0.2) is 30.0 Å². The van der Waals surface area contributed by atoms with Crippen molar-refractivity contribution >= 4 is 27.9 Å². The van der Waals surface area contributed by atoms with E-state index in [-0.39, 0.29) is 24.3 Å². The van der Waals surface area contributed by atoms with Gasteiger partial charge in [0.1, 0.15) is 17.5 Å². The highest BCUT2D eigenvalue weighted by atomic mass is 32.2. The van der Waals surface area contributed by atoms with Gasteiger partial charge in [0.25, 0.3) is 0 Å². The standard InChI is InChI=1S/C31H38F3N3O2S2.C2H6/c1-21(2)14-27(33)17-28(34)18-37-31-25(15-23-8-7-11-26(32)16-23)19-40-20-29(31)30(35-37)12-13-41(38,39)36-22(3)24-9-5-4-6-10-24;1-2/h7-8,11-14,16-17,22,24-25,36H,1,4-6,9-10,15,18-20H2,2-3H3;1-2H3/b13-12+,27-14+,28-17+;/t22-,25?;/m1./s1. The van der Waals surface area contributed by atoms with E-state index in [4.69, 9.17) is 0 Å². The van der Waals surface area contributed by atoms with Crippen LogP contribution in [0.1, 0.15) is 88.2 Å². The average Bonchev–Trinajstić information content (AvgIpc) is 3.30. The van der Waals surface area contributed by atoms with Crippen LogP contribution in [0.3, 0.4) is 0 Å². The Balaban J connectivity index is 0.00000248. The van der Waals surface area contributed by atoms with E-state index in [2.05, 4.69) is 16.4 Å². The molecule has 1 fully saturated rings. The van der Waals surface area contributed by atoms with E-state index in [1.807, 2.05) is 26.8 Å². The molecule has 0 amide bonds. The largest absolute Gasteiger partial charge is 0.262 e. The summed E-state index contributed by atoms with van der Waals surface area (Å²) in [6.07, 6.45) is 9.34. The number of allylic oxidation sites excluding steroid dienone is 5. The predicted octanol–water partition coefficient (Wildman–Crippen LogP) is 8.76. The molecule has 1 aliphatic carbocycles. The second kappa shape index (κ2) is 16.5. The summed E-state index contributed by atoms with van der Waals surface area (Å²) in [5, 5.41) is 5.72. The summed E-state index contributed by atoms with van der Waals surface area (Å²) < 4.78 is 73.3. The van der Waals surface area contributed by atoms with Crippen molar-refractivity contribution < 1.29 is 21.6 Å². The van der Waals surface area contributed by atoms with Crippen LogP contribution in [0.15, 0.2) is 65.6 Å². The molecule has 1 N–H and O–H groups in total. The highest BCUT2D eigenvalue weighted by Crippen LogP contribution is 2.38. The second-order valence-electron chi connectivity index (χ2n) is 11.1. The lowest BCUT2D eigenvalue weighted by molar-refractivity contribution is 0.303. The van der Waals surface area contributed by atoms with Gasteiger partial charge in [0, 0.05) is 46.2 Å². The average molecular weight is 636 g/mol. The number of nitrogens with one attached hydrogen (secondary N) is 1. The molecule has 2 heterocycles. The van der Waals surface area contributed by atoms with Gasteiger partial charge in [-0.15, -0.1) is 0 Å². The summed E-state index contributed by atoms with van der Waals surface area (Å²) in [7, 11) is -3.74. The number of thioether (sulfide) groups is 1. The van der Waals surface area contributed by atoms with Crippen molar-refractivity contribution in [2.75, 3.05) is 5.75 Å². The third kappa shape index (κ3) is 10.5. The Hall–Kier alpha value is -2.56. The Morgan fingerprint density at radius 2 is 1.93 bits per heavy atom. The van der Waals surface area contributed by atoms with Gasteiger partial charge in [-0.2, -0.15) is 16.9 Å². The molecule has 2 aromatic rings. The van der Waals surface area contributed by atoms with Crippen molar-refractivity contribution in [2.45, 2.75) is 90.5 Å². The molecule has 1 unspecified atom stereocenters. The zero-order valence-corrected chi connectivity index (χ0v) is 27.2. The maximum Gasteiger partial charge on any atom is 0.234 e. The first-order valence-electron chi connectivity index (χ1n) is 15.0. The van der Waals surface area contributed by atoms with E-state index in [9.17, 15) is 21.6 Å². The van der Waals surface area contributed by atoms with E-state index in [1.165, 1.54) is 29.3 Å². The van der Waals surface area contributed by atoms with Gasteiger partial charge >= 0.3 is 0 Å². The van der Waals surface area contributed by atoms with Gasteiger partial charge < -0.3 is 0 Å². The minimum Gasteiger partial charge on any atom is -0.262 e. The third-order valence-electron chi connectivity index (χ3n) is 7.54. The highest BCUT2D eigenvalue weighted by Gasteiger charge is 2.29. The second-order valence-corrected chi connectivity index (χ2v) is 13.7. The van der Waals surface area contributed by atoms with Crippen molar-refractivity contribution in [2.24, 2.45) is 5.92 Å². The van der Waals surface area contributed by atoms with Gasteiger partial charge in [-0.25, -0.2) is 26.3 Å². The molecule has 5 nitrogen and oxygen atoms in total. The molecule has 2 aliphatic rings. The quantitative estimate of drug-likeness (QED) is 0.251. The number of sulfonamides is 1. The highest BCUT2D eigenvalue weighted by molar-refractivity contribution is 7.98. The van der Waals surface area contributed by atoms with Gasteiger partial charge in [0.05, 0.1) is 12.2 Å². The number of nitrogens with zero attached hydrogens (tertiary/aromatic N) is 2. The van der Waals surface area contributed by atoms with Crippen LogP contribution in [0, 0.1) is 11.7 Å². The molecule has 1 aliphatic heterocycles. The zero-order chi connectivity index (χ0) is 31.6. The number of halogens is 3. The Morgan fingerprint density at radius 3 is 2.60 bits per heavy atom. The van der Waals surface area contributed by atoms with Crippen LogP contribution >= 0.6 is 11.8 Å². The van der Waals surface area contributed by atoms with Crippen molar-refractivity contribution in [1.29, 1.82) is 0 Å². The number of benzene rings is 1. The third-order valence-corrected chi connectivity index (χ3v) is 9.87. The summed E-state index contributed by atoms with van der Waals surface area (Å²) in [6.45, 7) is 10.8. The molecule has 2 atom stereocenters. The summed E-state index contributed by atoms with van der Waals surface area (Å²) in [6, 6.07) is 6.18. The summed E-state index contributed by atoms with van der Waals surface area (Å²) >= 11 is 1.66. The molecule has 236 valence electrons. The summed E-state index contributed by atoms with van der Waals surface area (Å²) in [5.41, 5.74) is 3.23. The van der Waals surface area contributed by atoms with Crippen molar-refractivity contribution in [1.82, 2.24) is 14.5 Å². The van der Waals surface area contributed by atoms with Crippen molar-refractivity contribution in [3.63, 3.8) is 0 Å². The molecular weight excluding hydrogens is 592 g/mol. The fraction of sp³-hybridized carbons (Fsp3) is 0.485. The number of rotatable bonds is 11. The van der Waals surface area contributed by atoms with E-state index in [0.717, 1.165) is 60.1 Å². The van der Waals surface area contributed by atoms with Crippen LogP contribution in [0.25, 0.3) is 6.08 Å². The molecule has 0 spiro atoms.